The van der Waals surface area contributed by atoms with Crippen molar-refractivity contribution in [2.24, 2.45) is 0 Å². The molecule has 2 aromatic rings. The van der Waals surface area contributed by atoms with Gasteiger partial charge in [0.15, 0.2) is 11.5 Å². The first-order chi connectivity index (χ1) is 7.36. The van der Waals surface area contributed by atoms with E-state index >= 15 is 0 Å². The zero-order chi connectivity index (χ0) is 10.7. The van der Waals surface area contributed by atoms with Crippen LogP contribution in [0.3, 0.4) is 0 Å². The number of nitrogens with zero attached hydrogens (tertiary/aromatic N) is 4. The monoisotopic (exact) mass is 202 g/mol. The SMILES string of the molecule is CCCn1nnc(C#N)c1-c1ccco1. The van der Waals surface area contributed by atoms with Crippen LogP contribution in [-0.2, 0) is 6.54 Å². The first kappa shape index (κ1) is 9.46. The molecule has 0 saturated heterocycles. The smallest absolute Gasteiger partial charge is 0.193 e. The van der Waals surface area contributed by atoms with Crippen molar-refractivity contribution in [2.75, 3.05) is 0 Å². The predicted molar refractivity (Wildman–Crippen MR) is 52.7 cm³/mol. The van der Waals surface area contributed by atoms with Crippen LogP contribution in [0.25, 0.3) is 11.5 Å². The van der Waals surface area contributed by atoms with Gasteiger partial charge in [0.2, 0.25) is 0 Å². The number of nitriles is 1. The Labute approximate surface area is 86.9 Å². The maximum Gasteiger partial charge on any atom is 0.193 e. The zero-order valence-corrected chi connectivity index (χ0v) is 8.34. The van der Waals surface area contributed by atoms with E-state index in [9.17, 15) is 0 Å². The fraction of sp³-hybridized carbons (Fsp3) is 0.300. The van der Waals surface area contributed by atoms with Gasteiger partial charge < -0.3 is 4.42 Å². The van der Waals surface area contributed by atoms with Gasteiger partial charge in [0, 0.05) is 6.54 Å². The molecule has 5 nitrogen and oxygen atoms in total. The Morgan fingerprint density at radius 2 is 2.47 bits per heavy atom. The van der Waals surface area contributed by atoms with Crippen molar-refractivity contribution < 1.29 is 4.42 Å². The number of hydrogen-bond donors (Lipinski definition) is 0. The van der Waals surface area contributed by atoms with Gasteiger partial charge in [-0.25, -0.2) is 4.68 Å². The Bertz CT molecular complexity index is 478. The van der Waals surface area contributed by atoms with Crippen molar-refractivity contribution in [2.45, 2.75) is 19.9 Å². The summed E-state index contributed by atoms with van der Waals surface area (Å²) in [4.78, 5) is 0. The summed E-state index contributed by atoms with van der Waals surface area (Å²) in [5, 5.41) is 16.6. The Kier molecular flexibility index (Phi) is 2.50. The lowest BCUT2D eigenvalue weighted by Crippen LogP contribution is -2.01. The second-order valence-electron chi connectivity index (χ2n) is 3.10. The molecule has 0 N–H and O–H groups in total. The minimum Gasteiger partial charge on any atom is -0.463 e. The average molecular weight is 202 g/mol. The second-order valence-corrected chi connectivity index (χ2v) is 3.10. The van der Waals surface area contributed by atoms with Crippen LogP contribution in [0.15, 0.2) is 22.8 Å². The van der Waals surface area contributed by atoms with Crippen LogP contribution in [0.1, 0.15) is 19.0 Å². The minimum atomic E-state index is 0.304. The van der Waals surface area contributed by atoms with Gasteiger partial charge in [-0.15, -0.1) is 5.10 Å². The summed E-state index contributed by atoms with van der Waals surface area (Å²) >= 11 is 0. The number of aryl methyl sites for hydroxylation is 1. The van der Waals surface area contributed by atoms with Gasteiger partial charge in [-0.2, -0.15) is 5.26 Å². The van der Waals surface area contributed by atoms with Crippen molar-refractivity contribution in [3.05, 3.63) is 24.1 Å². The van der Waals surface area contributed by atoms with Crippen LogP contribution < -0.4 is 0 Å². The third-order valence-electron chi connectivity index (χ3n) is 2.03. The number of hydrogen-bond acceptors (Lipinski definition) is 4. The standard InChI is InChI=1S/C10H10N4O/c1-2-5-14-10(8(7-11)12-13-14)9-4-3-6-15-9/h3-4,6H,2,5H2,1H3. The Hall–Kier alpha value is -2.09. The van der Waals surface area contributed by atoms with Crippen LogP contribution in [0.2, 0.25) is 0 Å². The van der Waals surface area contributed by atoms with Crippen molar-refractivity contribution in [3.63, 3.8) is 0 Å². The van der Waals surface area contributed by atoms with E-state index in [4.69, 9.17) is 9.68 Å². The highest BCUT2D eigenvalue weighted by atomic mass is 16.3. The van der Waals surface area contributed by atoms with Crippen LogP contribution in [0, 0.1) is 11.3 Å². The van der Waals surface area contributed by atoms with Crippen LogP contribution in [0.5, 0.6) is 0 Å². The minimum absolute atomic E-state index is 0.304. The molecule has 0 radical (unpaired) electrons. The molecule has 5 heteroatoms. The van der Waals surface area contributed by atoms with Crippen molar-refractivity contribution in [3.8, 4) is 17.5 Å². The zero-order valence-electron chi connectivity index (χ0n) is 8.34. The average Bonchev–Trinajstić information content (AvgIpc) is 2.85. The molecule has 0 unspecified atom stereocenters. The molecule has 0 spiro atoms. The summed E-state index contributed by atoms with van der Waals surface area (Å²) in [6.45, 7) is 2.77. The molecule has 2 rings (SSSR count). The van der Waals surface area contributed by atoms with Gasteiger partial charge in [0.1, 0.15) is 11.8 Å². The summed E-state index contributed by atoms with van der Waals surface area (Å²) in [7, 11) is 0. The number of aromatic nitrogens is 3. The Morgan fingerprint density at radius 3 is 3.07 bits per heavy atom. The van der Waals surface area contributed by atoms with E-state index in [2.05, 4.69) is 10.3 Å². The predicted octanol–water partition coefficient (Wildman–Crippen LogP) is 1.82. The maximum atomic E-state index is 8.89. The molecule has 0 amide bonds. The first-order valence-corrected chi connectivity index (χ1v) is 4.74. The molecule has 0 aliphatic heterocycles. The van der Waals surface area contributed by atoms with Gasteiger partial charge >= 0.3 is 0 Å². The quantitative estimate of drug-likeness (QED) is 0.761. The van der Waals surface area contributed by atoms with E-state index in [1.54, 1.807) is 23.1 Å². The maximum absolute atomic E-state index is 8.89. The molecule has 0 aliphatic rings. The third kappa shape index (κ3) is 1.62. The van der Waals surface area contributed by atoms with Crippen molar-refractivity contribution in [1.29, 1.82) is 5.26 Å². The van der Waals surface area contributed by atoms with Crippen molar-refractivity contribution in [1.82, 2.24) is 15.0 Å². The highest BCUT2D eigenvalue weighted by Gasteiger charge is 2.16. The Balaban J connectivity index is 2.52. The summed E-state index contributed by atoms with van der Waals surface area (Å²) in [6, 6.07) is 5.58. The van der Waals surface area contributed by atoms with Crippen LogP contribution in [0.4, 0.5) is 0 Å². The topological polar surface area (TPSA) is 67.6 Å². The van der Waals surface area contributed by atoms with Crippen LogP contribution >= 0.6 is 0 Å². The molecule has 0 bridgehead atoms. The summed E-state index contributed by atoms with van der Waals surface area (Å²) < 4.78 is 6.95. The highest BCUT2D eigenvalue weighted by molar-refractivity contribution is 5.58. The second kappa shape index (κ2) is 3.96. The molecule has 0 aromatic carbocycles. The molecular weight excluding hydrogens is 192 g/mol. The fourth-order valence-electron chi connectivity index (χ4n) is 1.41. The lowest BCUT2D eigenvalue weighted by molar-refractivity contribution is 0.547. The lowest BCUT2D eigenvalue weighted by atomic mass is 10.2. The molecule has 0 atom stereocenters. The van der Waals surface area contributed by atoms with E-state index in [1.807, 2.05) is 13.0 Å². The normalized spacial score (nSPS) is 10.1. The highest BCUT2D eigenvalue weighted by Crippen LogP contribution is 2.22. The summed E-state index contributed by atoms with van der Waals surface area (Å²) in [5.41, 5.74) is 0.961. The summed E-state index contributed by atoms with van der Waals surface area (Å²) in [6.07, 6.45) is 2.50. The van der Waals surface area contributed by atoms with Gasteiger partial charge in [0.25, 0.3) is 0 Å². The van der Waals surface area contributed by atoms with Gasteiger partial charge in [-0.05, 0) is 18.6 Å². The molecule has 0 saturated carbocycles. The van der Waals surface area contributed by atoms with E-state index in [-0.39, 0.29) is 0 Å². The van der Waals surface area contributed by atoms with Crippen LogP contribution in [-0.4, -0.2) is 15.0 Å². The van der Waals surface area contributed by atoms with E-state index in [1.165, 1.54) is 0 Å². The molecule has 76 valence electrons. The van der Waals surface area contributed by atoms with Gasteiger partial charge in [-0.3, -0.25) is 0 Å². The molecule has 0 fully saturated rings. The fourth-order valence-corrected chi connectivity index (χ4v) is 1.41. The van der Waals surface area contributed by atoms with Crippen molar-refractivity contribution >= 4 is 0 Å². The molecule has 2 aromatic heterocycles. The molecule has 2 heterocycles. The first-order valence-electron chi connectivity index (χ1n) is 4.74. The molecule has 0 aliphatic carbocycles. The van der Waals surface area contributed by atoms with Gasteiger partial charge in [-0.1, -0.05) is 12.1 Å². The Morgan fingerprint density at radius 1 is 1.60 bits per heavy atom. The molecular formula is C10H10N4O. The molecule has 15 heavy (non-hydrogen) atoms. The lowest BCUT2D eigenvalue weighted by Gasteiger charge is -2.01. The number of furan rings is 1. The third-order valence-corrected chi connectivity index (χ3v) is 2.03. The van der Waals surface area contributed by atoms with E-state index in [0.717, 1.165) is 13.0 Å². The van der Waals surface area contributed by atoms with E-state index in [0.29, 0.717) is 17.1 Å². The largest absolute Gasteiger partial charge is 0.463 e. The van der Waals surface area contributed by atoms with Gasteiger partial charge in [0.05, 0.1) is 6.26 Å². The van der Waals surface area contributed by atoms with E-state index < -0.39 is 0 Å². The summed E-state index contributed by atoms with van der Waals surface area (Å²) in [5.74, 6) is 0.630. The number of rotatable bonds is 3.